The van der Waals surface area contributed by atoms with E-state index in [9.17, 15) is 4.79 Å². The molecule has 0 aliphatic carbocycles. The summed E-state index contributed by atoms with van der Waals surface area (Å²) in [5.74, 6) is 0.576. The van der Waals surface area contributed by atoms with Gasteiger partial charge in [-0.2, -0.15) is 0 Å². The lowest BCUT2D eigenvalue weighted by Crippen LogP contribution is -2.48. The van der Waals surface area contributed by atoms with Crippen molar-refractivity contribution in [1.82, 2.24) is 4.90 Å². The first kappa shape index (κ1) is 20.6. The molecule has 0 unspecified atom stereocenters. The Hall–Kier alpha value is -2.13. The number of hydrogen-bond acceptors (Lipinski definition) is 2. The fraction of sp³-hybridized carbons (Fsp3) is 0.480. The fourth-order valence-electron chi connectivity index (χ4n) is 4.37. The van der Waals surface area contributed by atoms with Gasteiger partial charge < -0.3 is 9.64 Å². The highest BCUT2D eigenvalue weighted by molar-refractivity contribution is 5.73. The zero-order valence-electron chi connectivity index (χ0n) is 17.4. The minimum absolute atomic E-state index is 0.153. The molecule has 1 amide bonds. The molecule has 3 nitrogen and oxygen atoms in total. The van der Waals surface area contributed by atoms with E-state index in [1.165, 1.54) is 11.1 Å². The van der Waals surface area contributed by atoms with Crippen LogP contribution in [0.25, 0.3) is 0 Å². The van der Waals surface area contributed by atoms with Crippen molar-refractivity contribution in [3.05, 3.63) is 71.8 Å². The highest BCUT2D eigenvalue weighted by atomic mass is 16.5. The molecule has 2 aromatic carbocycles. The number of amides is 1. The van der Waals surface area contributed by atoms with Crippen LogP contribution < -0.4 is 0 Å². The van der Waals surface area contributed by atoms with Gasteiger partial charge >= 0.3 is 0 Å². The van der Waals surface area contributed by atoms with Crippen molar-refractivity contribution >= 4 is 5.91 Å². The van der Waals surface area contributed by atoms with Crippen LogP contribution in [0.3, 0.4) is 0 Å². The molecular weight excluding hydrogens is 346 g/mol. The van der Waals surface area contributed by atoms with Gasteiger partial charge in [0.25, 0.3) is 0 Å². The average molecular weight is 380 g/mol. The molecule has 2 aromatic rings. The second kappa shape index (κ2) is 9.38. The molecule has 1 heterocycles. The van der Waals surface area contributed by atoms with Gasteiger partial charge in [0, 0.05) is 26.1 Å². The van der Waals surface area contributed by atoms with E-state index in [1.54, 1.807) is 6.92 Å². The second-order valence-corrected chi connectivity index (χ2v) is 8.55. The molecule has 0 bridgehead atoms. The fourth-order valence-corrected chi connectivity index (χ4v) is 4.37. The van der Waals surface area contributed by atoms with Gasteiger partial charge in [-0.1, -0.05) is 60.7 Å². The quantitative estimate of drug-likeness (QED) is 0.661. The van der Waals surface area contributed by atoms with E-state index in [-0.39, 0.29) is 17.6 Å². The Morgan fingerprint density at radius 1 is 1.11 bits per heavy atom. The summed E-state index contributed by atoms with van der Waals surface area (Å²) in [6, 6.07) is 21.6. The van der Waals surface area contributed by atoms with E-state index in [2.05, 4.69) is 79.4 Å². The summed E-state index contributed by atoms with van der Waals surface area (Å²) in [6.45, 7) is 7.48. The summed E-state index contributed by atoms with van der Waals surface area (Å²) in [7, 11) is 0. The molecular formula is C25H33NO2. The van der Waals surface area contributed by atoms with Crippen LogP contribution >= 0.6 is 0 Å². The van der Waals surface area contributed by atoms with Gasteiger partial charge in [-0.25, -0.2) is 0 Å². The SMILES string of the molecule is CC(=O)N(CC[C@H](Cc1ccccc1)c1ccccc1)[C@@H]1CCOC(C)(C)C1. The predicted octanol–water partition coefficient (Wildman–Crippen LogP) is 5.21. The largest absolute Gasteiger partial charge is 0.375 e. The average Bonchev–Trinajstić information content (AvgIpc) is 2.68. The van der Waals surface area contributed by atoms with Crippen LogP contribution in [0.1, 0.15) is 57.1 Å². The highest BCUT2D eigenvalue weighted by Gasteiger charge is 2.33. The third-order valence-electron chi connectivity index (χ3n) is 5.83. The highest BCUT2D eigenvalue weighted by Crippen LogP contribution is 2.30. The van der Waals surface area contributed by atoms with E-state index in [0.717, 1.165) is 38.8 Å². The van der Waals surface area contributed by atoms with Gasteiger partial charge in [-0.15, -0.1) is 0 Å². The van der Waals surface area contributed by atoms with Crippen LogP contribution in [0.2, 0.25) is 0 Å². The van der Waals surface area contributed by atoms with Crippen LogP contribution in [0.5, 0.6) is 0 Å². The molecule has 1 saturated heterocycles. The Balaban J connectivity index is 1.72. The lowest BCUT2D eigenvalue weighted by molar-refractivity contribution is -0.138. The minimum Gasteiger partial charge on any atom is -0.375 e. The summed E-state index contributed by atoms with van der Waals surface area (Å²) in [4.78, 5) is 14.5. The van der Waals surface area contributed by atoms with E-state index in [4.69, 9.17) is 4.74 Å². The molecule has 0 aromatic heterocycles. The van der Waals surface area contributed by atoms with Gasteiger partial charge in [-0.05, 0) is 56.6 Å². The molecule has 0 radical (unpaired) electrons. The Morgan fingerprint density at radius 2 is 1.75 bits per heavy atom. The summed E-state index contributed by atoms with van der Waals surface area (Å²) >= 11 is 0. The maximum atomic E-state index is 12.4. The van der Waals surface area contributed by atoms with E-state index >= 15 is 0 Å². The molecule has 3 heteroatoms. The first-order chi connectivity index (χ1) is 13.4. The molecule has 0 N–H and O–H groups in total. The summed E-state index contributed by atoms with van der Waals surface area (Å²) in [5, 5.41) is 0. The van der Waals surface area contributed by atoms with Crippen molar-refractivity contribution in [3.8, 4) is 0 Å². The number of hydrogen-bond donors (Lipinski definition) is 0. The zero-order valence-corrected chi connectivity index (χ0v) is 17.4. The monoisotopic (exact) mass is 379 g/mol. The topological polar surface area (TPSA) is 29.5 Å². The van der Waals surface area contributed by atoms with E-state index < -0.39 is 0 Å². The van der Waals surface area contributed by atoms with Gasteiger partial charge in [0.2, 0.25) is 5.91 Å². The van der Waals surface area contributed by atoms with Crippen molar-refractivity contribution in [3.63, 3.8) is 0 Å². The van der Waals surface area contributed by atoms with Crippen molar-refractivity contribution in [2.45, 2.75) is 64.0 Å². The molecule has 3 rings (SSSR count). The van der Waals surface area contributed by atoms with Crippen LogP contribution in [-0.2, 0) is 16.0 Å². The predicted molar refractivity (Wildman–Crippen MR) is 114 cm³/mol. The number of benzene rings is 2. The molecule has 1 aliphatic heterocycles. The van der Waals surface area contributed by atoms with E-state index in [1.807, 2.05) is 0 Å². The Kier molecular flexibility index (Phi) is 6.90. The molecule has 1 fully saturated rings. The minimum atomic E-state index is -0.153. The Morgan fingerprint density at radius 3 is 2.36 bits per heavy atom. The third-order valence-corrected chi connectivity index (χ3v) is 5.83. The number of ether oxygens (including phenoxy) is 1. The van der Waals surface area contributed by atoms with Gasteiger partial charge in [0.05, 0.1) is 5.60 Å². The van der Waals surface area contributed by atoms with Crippen LogP contribution in [0, 0.1) is 0 Å². The zero-order chi connectivity index (χ0) is 20.0. The smallest absolute Gasteiger partial charge is 0.219 e. The van der Waals surface area contributed by atoms with Crippen molar-refractivity contribution in [2.75, 3.05) is 13.2 Å². The summed E-state index contributed by atoms with van der Waals surface area (Å²) in [6.07, 6.45) is 3.80. The molecule has 150 valence electrons. The molecule has 2 atom stereocenters. The maximum absolute atomic E-state index is 12.4. The second-order valence-electron chi connectivity index (χ2n) is 8.55. The number of nitrogens with zero attached hydrogens (tertiary/aromatic N) is 1. The summed E-state index contributed by atoms with van der Waals surface area (Å²) in [5.41, 5.74) is 2.54. The molecule has 1 aliphatic rings. The number of carbonyl (C=O) groups is 1. The maximum Gasteiger partial charge on any atom is 0.219 e. The first-order valence-corrected chi connectivity index (χ1v) is 10.4. The number of rotatable bonds is 7. The lowest BCUT2D eigenvalue weighted by atomic mass is 9.88. The van der Waals surface area contributed by atoms with Crippen LogP contribution in [0.4, 0.5) is 0 Å². The Labute approximate surface area is 169 Å². The van der Waals surface area contributed by atoms with Crippen molar-refractivity contribution < 1.29 is 9.53 Å². The first-order valence-electron chi connectivity index (χ1n) is 10.4. The third kappa shape index (κ3) is 5.68. The van der Waals surface area contributed by atoms with Crippen molar-refractivity contribution in [1.29, 1.82) is 0 Å². The standard InChI is InChI=1S/C25H33NO2/c1-20(27)26(24-15-17-28-25(2,3)19-24)16-14-23(22-12-8-5-9-13-22)18-21-10-6-4-7-11-21/h4-13,23-24H,14-19H2,1-3H3/t23-,24-/m1/s1. The van der Waals surface area contributed by atoms with Crippen LogP contribution in [-0.4, -0.2) is 35.6 Å². The molecule has 0 spiro atoms. The van der Waals surface area contributed by atoms with Crippen LogP contribution in [0.15, 0.2) is 60.7 Å². The van der Waals surface area contributed by atoms with Crippen molar-refractivity contribution in [2.24, 2.45) is 0 Å². The molecule has 28 heavy (non-hydrogen) atoms. The van der Waals surface area contributed by atoms with Gasteiger partial charge in [0.1, 0.15) is 0 Å². The normalized spacial score (nSPS) is 19.8. The lowest BCUT2D eigenvalue weighted by Gasteiger charge is -2.41. The molecule has 0 saturated carbocycles. The van der Waals surface area contributed by atoms with Gasteiger partial charge in [-0.3, -0.25) is 4.79 Å². The summed E-state index contributed by atoms with van der Waals surface area (Å²) < 4.78 is 5.86. The van der Waals surface area contributed by atoms with E-state index in [0.29, 0.717) is 5.92 Å². The Bertz CT molecular complexity index is 742. The number of carbonyl (C=O) groups excluding carboxylic acids is 1. The van der Waals surface area contributed by atoms with Gasteiger partial charge in [0.15, 0.2) is 0 Å².